The third-order valence-corrected chi connectivity index (χ3v) is 10.0. The Bertz CT molecular complexity index is 1240. The zero-order valence-corrected chi connectivity index (χ0v) is 23.6. The van der Waals surface area contributed by atoms with Gasteiger partial charge in [-0.05, 0) is 43.8 Å². The molecule has 2 saturated carbocycles. The number of esters is 1. The van der Waals surface area contributed by atoms with Crippen LogP contribution >= 0.6 is 11.6 Å². The number of ketones is 2. The van der Waals surface area contributed by atoms with Gasteiger partial charge in [0.15, 0.2) is 23.7 Å². The van der Waals surface area contributed by atoms with Crippen LogP contribution in [0.5, 0.6) is 0 Å². The summed E-state index contributed by atoms with van der Waals surface area (Å²) in [5.41, 5.74) is -8.82. The fraction of sp³-hybridized carbons (Fsp3) is 0.704. The molecule has 4 rings (SSSR count). The van der Waals surface area contributed by atoms with Crippen LogP contribution in [0, 0.1) is 38.7 Å². The van der Waals surface area contributed by atoms with Crippen LogP contribution in [0.1, 0.15) is 59.3 Å². The first-order valence-corrected chi connectivity index (χ1v) is 13.7. The van der Waals surface area contributed by atoms with E-state index in [1.165, 1.54) is 19.1 Å². The molecule has 2 unspecified atom stereocenters. The summed E-state index contributed by atoms with van der Waals surface area (Å²) in [5, 5.41) is 20.9. The fourth-order valence-corrected chi connectivity index (χ4v) is 8.24. The van der Waals surface area contributed by atoms with Crippen LogP contribution in [-0.2, 0) is 28.7 Å². The summed E-state index contributed by atoms with van der Waals surface area (Å²) >= 11 is 5.28. The van der Waals surface area contributed by atoms with Crippen molar-refractivity contribution in [2.45, 2.75) is 76.7 Å². The smallest absolute Gasteiger partial charge is 0.404 e. The summed E-state index contributed by atoms with van der Waals surface area (Å²) in [6, 6.07) is 0. The quantitative estimate of drug-likeness (QED) is 0.133. The maximum atomic E-state index is 17.4. The monoisotopic (exact) mass is 603 g/mol. The molecule has 0 aromatic rings. The average molecular weight is 604 g/mol. The molecule has 11 nitrogen and oxygen atoms in total. The second-order valence-corrected chi connectivity index (χ2v) is 12.1. The number of ether oxygens (including phenoxy) is 2. The minimum Gasteiger partial charge on any atom is -0.450 e. The first-order valence-electron chi connectivity index (χ1n) is 13.4. The Hall–Kier alpha value is -2.93. The lowest BCUT2D eigenvalue weighted by Gasteiger charge is -2.62. The molecule has 0 spiro atoms. The van der Waals surface area contributed by atoms with E-state index < -0.39 is 93.7 Å². The first-order chi connectivity index (χ1) is 19.0. The van der Waals surface area contributed by atoms with Crippen LogP contribution in [0.25, 0.3) is 0 Å². The van der Waals surface area contributed by atoms with Gasteiger partial charge in [-0.1, -0.05) is 19.9 Å². The summed E-state index contributed by atoms with van der Waals surface area (Å²) in [6.45, 7) is 3.33. The van der Waals surface area contributed by atoms with Crippen molar-refractivity contribution < 1.29 is 52.5 Å². The Morgan fingerprint density at radius 1 is 1.27 bits per heavy atom. The van der Waals surface area contributed by atoms with Gasteiger partial charge in [0, 0.05) is 53.5 Å². The molecule has 4 aliphatic carbocycles. The van der Waals surface area contributed by atoms with Gasteiger partial charge in [0.25, 0.3) is 5.09 Å². The highest BCUT2D eigenvalue weighted by Crippen LogP contribution is 2.71. The van der Waals surface area contributed by atoms with Gasteiger partial charge < -0.3 is 19.4 Å². The molecule has 0 bridgehead atoms. The Morgan fingerprint density at radius 2 is 1.95 bits per heavy atom. The van der Waals surface area contributed by atoms with E-state index in [9.17, 15) is 34.4 Å². The van der Waals surface area contributed by atoms with Crippen LogP contribution in [0.3, 0.4) is 0 Å². The molecule has 0 aliphatic heterocycles. The van der Waals surface area contributed by atoms with Crippen molar-refractivity contribution in [1.29, 1.82) is 0 Å². The van der Waals surface area contributed by atoms with E-state index in [1.807, 2.05) is 0 Å². The molecule has 0 aromatic heterocycles. The second kappa shape index (κ2) is 10.7. The summed E-state index contributed by atoms with van der Waals surface area (Å²) < 4.78 is 43.7. The molecule has 0 radical (unpaired) electrons. The number of rotatable bonds is 9. The molecular weight excluding hydrogens is 572 g/mol. The van der Waals surface area contributed by atoms with Gasteiger partial charge in [0.2, 0.25) is 5.78 Å². The predicted molar refractivity (Wildman–Crippen MR) is 136 cm³/mol. The molecule has 226 valence electrons. The van der Waals surface area contributed by atoms with E-state index in [1.54, 1.807) is 13.8 Å². The molecule has 8 atom stereocenters. The molecule has 0 amide bonds. The number of nitrogens with zero attached hydrogens (tertiary/aromatic N) is 1. The van der Waals surface area contributed by atoms with Gasteiger partial charge in [-0.25, -0.2) is 13.6 Å². The highest BCUT2D eigenvalue weighted by molar-refractivity contribution is 6.61. The molecule has 2 fully saturated rings. The molecule has 4 aliphatic rings. The van der Waals surface area contributed by atoms with Gasteiger partial charge in [0.1, 0.15) is 5.83 Å². The number of hydrogen-bond acceptors (Lipinski definition) is 10. The van der Waals surface area contributed by atoms with Crippen LogP contribution < -0.4 is 0 Å². The third kappa shape index (κ3) is 4.65. The summed E-state index contributed by atoms with van der Waals surface area (Å²) in [5.74, 6) is -5.55. The van der Waals surface area contributed by atoms with Crippen molar-refractivity contribution in [3.05, 3.63) is 33.7 Å². The SMILES string of the molecule is C[C@@H]1CC2C3CC(F)=C4CC(=O)C=C[C@]4(C)[C@@]3(F)[C@@H](O)C[C@]2(C)[C@@]1(OC(=O)CCCO[N+](=O)[O-])C(=O)COC(=O)Cl. The lowest BCUT2D eigenvalue weighted by atomic mass is 9.45. The highest BCUT2D eigenvalue weighted by atomic mass is 35.5. The number of hydrogen-bond donors (Lipinski definition) is 1. The van der Waals surface area contributed by atoms with Crippen LogP contribution in [0.15, 0.2) is 23.6 Å². The topological polar surface area (TPSA) is 159 Å². The van der Waals surface area contributed by atoms with E-state index in [2.05, 4.69) is 4.84 Å². The third-order valence-electron chi connectivity index (χ3n) is 9.93. The van der Waals surface area contributed by atoms with Crippen LogP contribution in [0.4, 0.5) is 13.6 Å². The van der Waals surface area contributed by atoms with Crippen molar-refractivity contribution >= 4 is 34.6 Å². The number of carbonyl (C=O) groups excluding carboxylic acids is 4. The molecular formula is C27H32ClF2NO10. The maximum absolute atomic E-state index is 17.4. The standard InChI is InChI=1S/C27H32ClF2NO10/c1-14-9-16-17-11-19(29)18-10-15(32)6-7-24(18,2)26(17,30)20(33)12-25(16,3)27(14,21(34)13-39-23(28)36)41-22(35)5-4-8-40-31(37)38/h6-7,14,16-17,20,33H,4-5,8-13H2,1-3H3/t14-,16?,17?,20+,24+,25+,26+,27+/m1/s1. The molecule has 41 heavy (non-hydrogen) atoms. The van der Waals surface area contributed by atoms with Crippen molar-refractivity contribution in [2.24, 2.45) is 28.6 Å². The number of allylic oxidation sites excluding steroid dienone is 4. The lowest BCUT2D eigenvalue weighted by molar-refractivity contribution is -0.757. The zero-order valence-electron chi connectivity index (χ0n) is 22.8. The maximum Gasteiger partial charge on any atom is 0.404 e. The number of aliphatic hydroxyl groups is 1. The molecule has 1 N–H and O–H groups in total. The fourth-order valence-electron chi connectivity index (χ4n) is 8.18. The van der Waals surface area contributed by atoms with E-state index in [4.69, 9.17) is 21.1 Å². The summed E-state index contributed by atoms with van der Waals surface area (Å²) in [6.07, 6.45) is -0.782. The van der Waals surface area contributed by atoms with Crippen LogP contribution in [-0.4, -0.2) is 63.7 Å². The Morgan fingerprint density at radius 3 is 2.59 bits per heavy atom. The van der Waals surface area contributed by atoms with Crippen LogP contribution in [0.2, 0.25) is 0 Å². The van der Waals surface area contributed by atoms with E-state index in [0.717, 1.165) is 0 Å². The average Bonchev–Trinajstić information content (AvgIpc) is 3.10. The number of halogens is 3. The number of aliphatic hydroxyl groups excluding tert-OH is 1. The lowest BCUT2D eigenvalue weighted by Crippen LogP contribution is -2.70. The highest BCUT2D eigenvalue weighted by Gasteiger charge is 2.77. The Labute approximate surface area is 239 Å². The minimum absolute atomic E-state index is 0.0165. The summed E-state index contributed by atoms with van der Waals surface area (Å²) in [7, 11) is 0. The largest absolute Gasteiger partial charge is 0.450 e. The number of fused-ring (bicyclic) bond motifs is 5. The van der Waals surface area contributed by atoms with Gasteiger partial charge >= 0.3 is 11.4 Å². The zero-order chi connectivity index (χ0) is 30.5. The predicted octanol–water partition coefficient (Wildman–Crippen LogP) is 4.12. The molecule has 0 heterocycles. The van der Waals surface area contributed by atoms with Gasteiger partial charge in [0.05, 0.1) is 12.7 Å². The summed E-state index contributed by atoms with van der Waals surface area (Å²) in [4.78, 5) is 64.9. The van der Waals surface area contributed by atoms with Gasteiger partial charge in [-0.2, -0.15) is 0 Å². The van der Waals surface area contributed by atoms with Gasteiger partial charge in [-0.3, -0.25) is 14.4 Å². The Kier molecular flexibility index (Phi) is 8.11. The normalized spacial score (nSPS) is 39.3. The number of carbonyl (C=O) groups is 4. The second-order valence-electron chi connectivity index (χ2n) is 11.8. The van der Waals surface area contributed by atoms with Crippen molar-refractivity contribution in [3.63, 3.8) is 0 Å². The number of Topliss-reactive ketones (excluding diaryl/α,β-unsaturated/α-hetero) is 1. The minimum atomic E-state index is -2.41. The molecule has 14 heteroatoms. The number of alkyl halides is 1. The van der Waals surface area contributed by atoms with E-state index in [0.29, 0.717) is 0 Å². The first kappa shape index (κ1) is 31.0. The molecule has 0 aromatic carbocycles. The molecule has 0 saturated heterocycles. The van der Waals surface area contributed by atoms with E-state index in [-0.39, 0.29) is 43.5 Å². The van der Waals surface area contributed by atoms with Crippen molar-refractivity contribution in [1.82, 2.24) is 0 Å². The van der Waals surface area contributed by atoms with Crippen molar-refractivity contribution in [3.8, 4) is 0 Å². The van der Waals surface area contributed by atoms with E-state index >= 15 is 8.78 Å². The Balaban J connectivity index is 1.76. The van der Waals surface area contributed by atoms with Crippen molar-refractivity contribution in [2.75, 3.05) is 13.2 Å². The van der Waals surface area contributed by atoms with Gasteiger partial charge in [-0.15, -0.1) is 10.1 Å².